The number of piperidine rings is 4. The van der Waals surface area contributed by atoms with Crippen LogP contribution in [0.25, 0.3) is 10.9 Å². The number of hydrogen-bond donors (Lipinski definition) is 3. The van der Waals surface area contributed by atoms with Crippen molar-refractivity contribution < 1.29 is 23.3 Å². The fraction of sp³-hybridized carbons (Fsp3) is 0.449. The molecule has 0 radical (unpaired) electrons. The summed E-state index contributed by atoms with van der Waals surface area (Å²) in [6.45, 7) is 13.6. The van der Waals surface area contributed by atoms with Gasteiger partial charge in [-0.2, -0.15) is 4.98 Å². The summed E-state index contributed by atoms with van der Waals surface area (Å²) in [5.41, 5.74) is 7.07. The Morgan fingerprint density at radius 3 is 2.29 bits per heavy atom. The molecule has 5 aromatic rings. The Labute approximate surface area is 388 Å². The van der Waals surface area contributed by atoms with Crippen molar-refractivity contribution in [3.63, 3.8) is 0 Å². The first-order valence-corrected chi connectivity index (χ1v) is 26.1. The molecule has 4 saturated heterocycles. The lowest BCUT2D eigenvalue weighted by molar-refractivity contribution is -0.134. The largest absolute Gasteiger partial charge is 0.494 e. The molecule has 13 nitrogen and oxygen atoms in total. The van der Waals surface area contributed by atoms with Crippen LogP contribution in [0.4, 0.5) is 38.9 Å². The Kier molecular flexibility index (Phi) is 12.7. The van der Waals surface area contributed by atoms with Gasteiger partial charge in [-0.3, -0.25) is 19.9 Å². The summed E-state index contributed by atoms with van der Waals surface area (Å²) in [6, 6.07) is 17.8. The molecule has 0 aliphatic carbocycles. The van der Waals surface area contributed by atoms with E-state index in [-0.39, 0.29) is 18.1 Å². The maximum atomic E-state index is 15.3. The van der Waals surface area contributed by atoms with Gasteiger partial charge < -0.3 is 34.6 Å². The van der Waals surface area contributed by atoms with Crippen molar-refractivity contribution in [1.29, 1.82) is 0 Å². The number of aryl methyl sites for hydroxylation is 2. The quantitative estimate of drug-likeness (QED) is 0.0907. The van der Waals surface area contributed by atoms with Gasteiger partial charge in [0, 0.05) is 84.2 Å². The van der Waals surface area contributed by atoms with E-state index in [9.17, 15) is 14.2 Å². The van der Waals surface area contributed by atoms with Crippen LogP contribution < -0.4 is 35.8 Å². The van der Waals surface area contributed by atoms with E-state index in [1.165, 1.54) is 18.5 Å². The summed E-state index contributed by atoms with van der Waals surface area (Å²) in [6.07, 6.45) is 9.09. The number of carbonyl (C=O) groups excluding carboxylic acids is 2. The molecule has 3 N–H and O–H groups in total. The van der Waals surface area contributed by atoms with Crippen LogP contribution >= 0.6 is 23.1 Å². The van der Waals surface area contributed by atoms with E-state index in [0.29, 0.717) is 51.1 Å². The van der Waals surface area contributed by atoms with Crippen molar-refractivity contribution in [2.45, 2.75) is 77.2 Å². The zero-order chi connectivity index (χ0) is 45.6. The van der Waals surface area contributed by atoms with Gasteiger partial charge >= 0.3 is 0 Å². The molecule has 0 saturated carbocycles. The number of pyridine rings is 1. The molecule has 0 bridgehead atoms. The molecule has 4 fully saturated rings. The van der Waals surface area contributed by atoms with Crippen LogP contribution in [0.3, 0.4) is 0 Å². The highest BCUT2D eigenvalue weighted by molar-refractivity contribution is 9.10. The average molecular weight is 967 g/mol. The van der Waals surface area contributed by atoms with E-state index in [0.717, 1.165) is 104 Å². The van der Waals surface area contributed by atoms with E-state index in [2.05, 4.69) is 75.6 Å². The number of imide groups is 1. The molecular formula is C49H58BrFN9O4P. The number of nitrogens with zero attached hydrogens (tertiary/aromatic N) is 6. The third-order valence-electron chi connectivity index (χ3n) is 14.3. The predicted octanol–water partition coefficient (Wildman–Crippen LogP) is 9.16. The number of halogens is 2. The molecule has 1 atom stereocenters. The minimum atomic E-state index is -2.72. The van der Waals surface area contributed by atoms with Gasteiger partial charge in [0.15, 0.2) is 0 Å². The minimum absolute atomic E-state index is 0.233. The van der Waals surface area contributed by atoms with Gasteiger partial charge in [-0.05, 0) is 149 Å². The minimum Gasteiger partial charge on any atom is -0.494 e. The number of hydrogen-bond acceptors (Lipinski definition) is 12. The summed E-state index contributed by atoms with van der Waals surface area (Å²) in [4.78, 5) is 45.5. The Balaban J connectivity index is 0.794. The second kappa shape index (κ2) is 18.3. The van der Waals surface area contributed by atoms with Gasteiger partial charge in [-0.15, -0.1) is 0 Å². The number of nitrogens with one attached hydrogen (secondary N) is 3. The van der Waals surface area contributed by atoms with Crippen molar-refractivity contribution in [2.75, 3.05) is 80.1 Å². The van der Waals surface area contributed by atoms with Crippen molar-refractivity contribution in [3.8, 4) is 5.75 Å². The van der Waals surface area contributed by atoms with Gasteiger partial charge in [0.1, 0.15) is 24.5 Å². The standard InChI is InChI=1S/C49H58BrFN9O4P/c1-30-26-41(55-48-52-29-37(50)46(57-48)54-40-12-11-39-36(8-6-31(2)53-39)45(40)65(4,5)63)43(64-3)28-42(30)60-24-18-49(19-25-60)16-22-59(23-17-49)32-14-20-58(21-15-32)33-7-9-34(38(51)27-33)35-10-13-44(61)56-47(35)62/h6-9,11-12,26-29,32,35H,10,13-25H2,1-5H3,(H,56,61,62)(H2,52,54,55,57). The normalized spacial score (nSPS) is 19.7. The van der Waals surface area contributed by atoms with Gasteiger partial charge in [0.25, 0.3) is 0 Å². The SMILES string of the molecule is COc1cc(N2CCC3(CC2)CCN(C2CCN(c4ccc(C5CCC(=O)NC5=O)c(F)c4)CC2)CC3)c(C)cc1Nc1ncc(Br)c(Nc2ccc3nc(C)ccc3c2P(C)(C)=O)n1. The molecule has 2 amide bonds. The topological polar surface area (TPSA) is 145 Å². The first-order chi connectivity index (χ1) is 31.2. The van der Waals surface area contributed by atoms with Crippen LogP contribution in [0.15, 0.2) is 65.3 Å². The summed E-state index contributed by atoms with van der Waals surface area (Å²) in [7, 11) is -1.04. The summed E-state index contributed by atoms with van der Waals surface area (Å²) in [5.74, 6) is -0.0684. The summed E-state index contributed by atoms with van der Waals surface area (Å²) < 4.78 is 35.5. The Morgan fingerprint density at radius 1 is 0.862 bits per heavy atom. The Hall–Kier alpha value is -5.11. The Bertz CT molecular complexity index is 2690. The fourth-order valence-corrected chi connectivity index (χ4v) is 12.3. The maximum absolute atomic E-state index is 15.3. The third-order valence-corrected chi connectivity index (χ3v) is 16.4. The number of anilines is 6. The average Bonchev–Trinajstić information content (AvgIpc) is 3.28. The molecule has 9 rings (SSSR count). The molecule has 3 aromatic carbocycles. The van der Waals surface area contributed by atoms with Gasteiger partial charge in [-0.25, -0.2) is 9.37 Å². The smallest absolute Gasteiger partial charge is 0.234 e. The number of methoxy groups -OCH3 is 1. The molecular weight excluding hydrogens is 908 g/mol. The zero-order valence-electron chi connectivity index (χ0n) is 37.8. The van der Waals surface area contributed by atoms with Crippen LogP contribution in [-0.4, -0.2) is 97.4 Å². The van der Waals surface area contributed by atoms with E-state index < -0.39 is 19.0 Å². The van der Waals surface area contributed by atoms with Gasteiger partial charge in [0.2, 0.25) is 17.8 Å². The molecule has 16 heteroatoms. The lowest BCUT2D eigenvalue weighted by atomic mass is 9.70. The monoisotopic (exact) mass is 965 g/mol. The molecule has 1 unspecified atom stereocenters. The van der Waals surface area contributed by atoms with Gasteiger partial charge in [-0.1, -0.05) is 12.1 Å². The zero-order valence-corrected chi connectivity index (χ0v) is 40.3. The molecule has 4 aliphatic rings. The second-order valence-corrected chi connectivity index (χ2v) is 22.8. The van der Waals surface area contributed by atoms with Crippen LogP contribution in [0.1, 0.15) is 74.1 Å². The number of rotatable bonds is 10. The lowest BCUT2D eigenvalue weighted by Crippen LogP contribution is -2.52. The van der Waals surface area contributed by atoms with Crippen molar-refractivity contribution in [2.24, 2.45) is 5.41 Å². The highest BCUT2D eigenvalue weighted by Crippen LogP contribution is 2.46. The second-order valence-electron chi connectivity index (χ2n) is 18.8. The molecule has 1 spiro atoms. The number of benzene rings is 3. The number of carbonyl (C=O) groups is 2. The van der Waals surface area contributed by atoms with E-state index >= 15 is 4.39 Å². The molecule has 4 aliphatic heterocycles. The molecule has 342 valence electrons. The molecule has 65 heavy (non-hydrogen) atoms. The first-order valence-electron chi connectivity index (χ1n) is 22.8. The van der Waals surface area contributed by atoms with Gasteiger partial charge in [0.05, 0.1) is 34.4 Å². The number of fused-ring (bicyclic) bond motifs is 1. The maximum Gasteiger partial charge on any atom is 0.234 e. The van der Waals surface area contributed by atoms with Crippen LogP contribution in [0.5, 0.6) is 5.75 Å². The predicted molar refractivity (Wildman–Crippen MR) is 261 cm³/mol. The van der Waals surface area contributed by atoms with Crippen LogP contribution in [-0.2, 0) is 14.2 Å². The summed E-state index contributed by atoms with van der Waals surface area (Å²) in [5, 5.41) is 10.8. The van der Waals surface area contributed by atoms with E-state index in [1.807, 2.05) is 37.3 Å². The third kappa shape index (κ3) is 9.47. The number of amides is 2. The van der Waals surface area contributed by atoms with Crippen molar-refractivity contribution >= 4 is 85.6 Å². The van der Waals surface area contributed by atoms with E-state index in [1.54, 1.807) is 38.8 Å². The summed E-state index contributed by atoms with van der Waals surface area (Å²) >= 11 is 3.62. The first kappa shape index (κ1) is 45.1. The molecule has 2 aromatic heterocycles. The van der Waals surface area contributed by atoms with Crippen molar-refractivity contribution in [3.05, 3.63) is 87.9 Å². The fourth-order valence-electron chi connectivity index (χ4n) is 10.6. The van der Waals surface area contributed by atoms with Crippen molar-refractivity contribution in [1.82, 2.24) is 25.2 Å². The Morgan fingerprint density at radius 2 is 1.60 bits per heavy atom. The number of ether oxygens (including phenoxy) is 1. The van der Waals surface area contributed by atoms with Crippen LogP contribution in [0, 0.1) is 25.1 Å². The highest BCUT2D eigenvalue weighted by atomic mass is 79.9. The van der Waals surface area contributed by atoms with E-state index in [4.69, 9.17) is 9.72 Å². The number of aromatic nitrogens is 3. The molecule has 6 heterocycles. The lowest BCUT2D eigenvalue weighted by Gasteiger charge is -2.50. The number of likely N-dealkylation sites (tertiary alicyclic amines) is 1. The highest BCUT2D eigenvalue weighted by Gasteiger charge is 2.40. The van der Waals surface area contributed by atoms with Crippen LogP contribution in [0.2, 0.25) is 0 Å².